The molecule has 0 spiro atoms. The van der Waals surface area contributed by atoms with Crippen LogP contribution in [0.1, 0.15) is 18.4 Å². The lowest BCUT2D eigenvalue weighted by Gasteiger charge is -2.15. The normalized spacial score (nSPS) is 14.8. The average molecular weight is 463 g/mol. The fourth-order valence-corrected chi connectivity index (χ4v) is 5.25. The average Bonchev–Trinajstić information content (AvgIpc) is 3.42. The number of anilines is 1. The van der Waals surface area contributed by atoms with Gasteiger partial charge in [-0.3, -0.25) is 0 Å². The van der Waals surface area contributed by atoms with Gasteiger partial charge in [0.1, 0.15) is 5.52 Å². The summed E-state index contributed by atoms with van der Waals surface area (Å²) in [6.45, 7) is 3.64. The van der Waals surface area contributed by atoms with E-state index in [4.69, 9.17) is 11.6 Å². The summed E-state index contributed by atoms with van der Waals surface area (Å²) in [5.41, 5.74) is 2.64. The molecule has 164 valence electrons. The SMILES string of the molecule is Cc1c(Cl)cccc1NC(=O)NCCn1nnc2cc(S(=O)(=O)N3CCCC3)ccc21. The first-order chi connectivity index (χ1) is 14.9. The summed E-state index contributed by atoms with van der Waals surface area (Å²) in [4.78, 5) is 12.4. The summed E-state index contributed by atoms with van der Waals surface area (Å²) in [5.74, 6) is 0. The van der Waals surface area contributed by atoms with Crippen LogP contribution in [-0.2, 0) is 16.6 Å². The Kier molecular flexibility index (Phi) is 6.12. The molecule has 3 aromatic rings. The van der Waals surface area contributed by atoms with Gasteiger partial charge in [0.25, 0.3) is 0 Å². The van der Waals surface area contributed by atoms with Crippen LogP contribution < -0.4 is 10.6 Å². The Hall–Kier alpha value is -2.69. The van der Waals surface area contributed by atoms with E-state index in [1.807, 2.05) is 6.92 Å². The molecule has 0 atom stereocenters. The maximum atomic E-state index is 12.7. The molecule has 0 aliphatic carbocycles. The van der Waals surface area contributed by atoms with E-state index in [1.54, 1.807) is 41.1 Å². The number of hydrogen-bond acceptors (Lipinski definition) is 5. The minimum absolute atomic E-state index is 0.225. The smallest absolute Gasteiger partial charge is 0.319 e. The Labute approximate surface area is 185 Å². The van der Waals surface area contributed by atoms with Crippen molar-refractivity contribution in [2.45, 2.75) is 31.2 Å². The highest BCUT2D eigenvalue weighted by Crippen LogP contribution is 2.24. The van der Waals surface area contributed by atoms with Crippen LogP contribution in [0.4, 0.5) is 10.5 Å². The first-order valence-electron chi connectivity index (χ1n) is 9.99. The van der Waals surface area contributed by atoms with Crippen molar-refractivity contribution in [3.63, 3.8) is 0 Å². The number of halogens is 1. The van der Waals surface area contributed by atoms with E-state index in [1.165, 1.54) is 4.31 Å². The summed E-state index contributed by atoms with van der Waals surface area (Å²) in [5, 5.41) is 14.3. The first-order valence-corrected chi connectivity index (χ1v) is 11.8. The predicted octanol–water partition coefficient (Wildman–Crippen LogP) is 3.00. The number of amides is 2. The number of hydrogen-bond donors (Lipinski definition) is 2. The highest BCUT2D eigenvalue weighted by atomic mass is 35.5. The third-order valence-corrected chi connectivity index (χ3v) is 7.62. The van der Waals surface area contributed by atoms with E-state index < -0.39 is 10.0 Å². The van der Waals surface area contributed by atoms with Gasteiger partial charge in [0.05, 0.1) is 17.0 Å². The fraction of sp³-hybridized carbons (Fsp3) is 0.350. The molecule has 0 bridgehead atoms. The van der Waals surface area contributed by atoms with Gasteiger partial charge in [0.2, 0.25) is 10.0 Å². The zero-order valence-corrected chi connectivity index (χ0v) is 18.6. The summed E-state index contributed by atoms with van der Waals surface area (Å²) in [7, 11) is -3.50. The molecule has 0 radical (unpaired) electrons. The lowest BCUT2D eigenvalue weighted by atomic mass is 10.2. The number of benzene rings is 2. The van der Waals surface area contributed by atoms with Crippen molar-refractivity contribution >= 4 is 44.4 Å². The molecule has 0 unspecified atom stereocenters. The van der Waals surface area contributed by atoms with Gasteiger partial charge < -0.3 is 10.6 Å². The number of rotatable bonds is 6. The van der Waals surface area contributed by atoms with Gasteiger partial charge in [0.15, 0.2) is 0 Å². The lowest BCUT2D eigenvalue weighted by molar-refractivity contribution is 0.251. The minimum atomic E-state index is -3.50. The maximum absolute atomic E-state index is 12.7. The van der Waals surface area contributed by atoms with Gasteiger partial charge in [-0.05, 0) is 55.7 Å². The van der Waals surface area contributed by atoms with Gasteiger partial charge in [-0.2, -0.15) is 4.31 Å². The molecule has 9 nitrogen and oxygen atoms in total. The third-order valence-electron chi connectivity index (χ3n) is 5.31. The van der Waals surface area contributed by atoms with Crippen LogP contribution >= 0.6 is 11.6 Å². The van der Waals surface area contributed by atoms with Crippen molar-refractivity contribution < 1.29 is 13.2 Å². The van der Waals surface area contributed by atoms with Crippen LogP contribution in [0, 0.1) is 6.92 Å². The van der Waals surface area contributed by atoms with E-state index in [0.717, 1.165) is 18.4 Å². The van der Waals surface area contributed by atoms with Crippen molar-refractivity contribution in [2.24, 2.45) is 0 Å². The second-order valence-electron chi connectivity index (χ2n) is 7.37. The highest BCUT2D eigenvalue weighted by Gasteiger charge is 2.27. The van der Waals surface area contributed by atoms with Crippen LogP contribution in [0.25, 0.3) is 11.0 Å². The molecule has 1 aliphatic heterocycles. The molecule has 2 amide bonds. The Balaban J connectivity index is 1.39. The third kappa shape index (κ3) is 4.51. The summed E-state index contributed by atoms with van der Waals surface area (Å²) in [6, 6.07) is 9.79. The molecule has 1 aliphatic rings. The Morgan fingerprint density at radius 2 is 1.97 bits per heavy atom. The van der Waals surface area contributed by atoms with Gasteiger partial charge >= 0.3 is 6.03 Å². The van der Waals surface area contributed by atoms with Gasteiger partial charge in [-0.25, -0.2) is 17.9 Å². The van der Waals surface area contributed by atoms with Crippen molar-refractivity contribution in [3.8, 4) is 0 Å². The monoisotopic (exact) mass is 462 g/mol. The van der Waals surface area contributed by atoms with Gasteiger partial charge in [0, 0.05) is 30.3 Å². The van der Waals surface area contributed by atoms with Crippen LogP contribution in [0.2, 0.25) is 5.02 Å². The zero-order chi connectivity index (χ0) is 22.0. The number of carbonyl (C=O) groups excluding carboxylic acids is 1. The van der Waals surface area contributed by atoms with Crippen LogP contribution in [0.15, 0.2) is 41.3 Å². The molecule has 4 rings (SSSR count). The van der Waals surface area contributed by atoms with E-state index in [9.17, 15) is 13.2 Å². The number of carbonyl (C=O) groups is 1. The Bertz CT molecular complexity index is 1220. The highest BCUT2D eigenvalue weighted by molar-refractivity contribution is 7.89. The molecule has 31 heavy (non-hydrogen) atoms. The quantitative estimate of drug-likeness (QED) is 0.585. The molecule has 2 N–H and O–H groups in total. The van der Waals surface area contributed by atoms with Crippen LogP contribution in [0.3, 0.4) is 0 Å². The second-order valence-corrected chi connectivity index (χ2v) is 9.71. The Morgan fingerprint density at radius 3 is 2.74 bits per heavy atom. The van der Waals surface area contributed by atoms with E-state index in [2.05, 4.69) is 20.9 Å². The van der Waals surface area contributed by atoms with Crippen molar-refractivity contribution in [2.75, 3.05) is 25.0 Å². The molecule has 2 aromatic carbocycles. The topological polar surface area (TPSA) is 109 Å². The standard InChI is InChI=1S/C20H23ClN6O3S/c1-14-16(21)5-4-6-17(14)23-20(28)22-9-12-27-19-8-7-15(13-18(19)24-25-27)31(29,30)26-10-2-3-11-26/h4-8,13H,2-3,9-12H2,1H3,(H2,22,23,28). The second kappa shape index (κ2) is 8.81. The van der Waals surface area contributed by atoms with E-state index in [0.29, 0.717) is 47.9 Å². The molecular formula is C20H23ClN6O3S. The number of sulfonamides is 1. The largest absolute Gasteiger partial charge is 0.336 e. The van der Waals surface area contributed by atoms with E-state index >= 15 is 0 Å². The van der Waals surface area contributed by atoms with Gasteiger partial charge in [-0.15, -0.1) is 5.10 Å². The zero-order valence-electron chi connectivity index (χ0n) is 17.0. The molecule has 11 heteroatoms. The lowest BCUT2D eigenvalue weighted by Crippen LogP contribution is -2.31. The summed E-state index contributed by atoms with van der Waals surface area (Å²) < 4.78 is 28.6. The molecule has 0 saturated carbocycles. The predicted molar refractivity (Wildman–Crippen MR) is 119 cm³/mol. The molecule has 1 saturated heterocycles. The minimum Gasteiger partial charge on any atom is -0.336 e. The van der Waals surface area contributed by atoms with E-state index in [-0.39, 0.29) is 10.9 Å². The van der Waals surface area contributed by atoms with Crippen molar-refractivity contribution in [1.82, 2.24) is 24.6 Å². The Morgan fingerprint density at radius 1 is 1.19 bits per heavy atom. The van der Waals surface area contributed by atoms with Crippen LogP contribution in [0.5, 0.6) is 0 Å². The summed E-state index contributed by atoms with van der Waals surface area (Å²) >= 11 is 6.07. The molecule has 2 heterocycles. The summed E-state index contributed by atoms with van der Waals surface area (Å²) in [6.07, 6.45) is 1.77. The maximum Gasteiger partial charge on any atom is 0.319 e. The van der Waals surface area contributed by atoms with Gasteiger partial charge in [-0.1, -0.05) is 22.9 Å². The van der Waals surface area contributed by atoms with Crippen molar-refractivity contribution in [1.29, 1.82) is 0 Å². The molecule has 1 fully saturated rings. The number of fused-ring (bicyclic) bond motifs is 1. The molecular weight excluding hydrogens is 440 g/mol. The van der Waals surface area contributed by atoms with Crippen LogP contribution in [-0.4, -0.2) is 53.4 Å². The number of nitrogens with one attached hydrogen (secondary N) is 2. The first kappa shape index (κ1) is 21.5. The number of urea groups is 1. The number of aromatic nitrogens is 3. The van der Waals surface area contributed by atoms with Crippen molar-refractivity contribution in [3.05, 3.63) is 47.0 Å². The fourth-order valence-electron chi connectivity index (χ4n) is 3.54. The molecule has 1 aromatic heterocycles. The number of nitrogens with zero attached hydrogens (tertiary/aromatic N) is 4.